The Bertz CT molecular complexity index is 237. The van der Waals surface area contributed by atoms with Crippen LogP contribution in [0.2, 0.25) is 0 Å². The van der Waals surface area contributed by atoms with E-state index in [4.69, 9.17) is 14.2 Å². The van der Waals surface area contributed by atoms with Gasteiger partial charge in [-0.1, -0.05) is 6.92 Å². The Labute approximate surface area is 97.2 Å². The van der Waals surface area contributed by atoms with Crippen LogP contribution in [0.3, 0.4) is 0 Å². The van der Waals surface area contributed by atoms with E-state index in [0.717, 1.165) is 6.42 Å². The average Bonchev–Trinajstić information content (AvgIpc) is 2.45. The summed E-state index contributed by atoms with van der Waals surface area (Å²) in [5, 5.41) is 0. The zero-order valence-electron chi connectivity index (χ0n) is 10.6. The number of rotatable bonds is 5. The van der Waals surface area contributed by atoms with Gasteiger partial charge in [-0.25, -0.2) is 0 Å². The third kappa shape index (κ3) is 4.49. The lowest BCUT2D eigenvalue weighted by atomic mass is 10.0. The third-order valence-corrected chi connectivity index (χ3v) is 2.55. The first-order valence-electron chi connectivity index (χ1n) is 5.90. The molecule has 1 unspecified atom stereocenters. The van der Waals surface area contributed by atoms with Crippen LogP contribution in [0.15, 0.2) is 0 Å². The van der Waals surface area contributed by atoms with Crippen molar-refractivity contribution >= 4 is 5.97 Å². The first kappa shape index (κ1) is 13.5. The lowest BCUT2D eigenvalue weighted by molar-refractivity contribution is -0.145. The van der Waals surface area contributed by atoms with Gasteiger partial charge in [0.05, 0.1) is 19.3 Å². The molecule has 2 atom stereocenters. The molecule has 0 saturated carbocycles. The highest BCUT2D eigenvalue weighted by Crippen LogP contribution is 2.27. The first-order chi connectivity index (χ1) is 7.43. The van der Waals surface area contributed by atoms with E-state index < -0.39 is 5.79 Å². The van der Waals surface area contributed by atoms with Crippen LogP contribution < -0.4 is 0 Å². The van der Waals surface area contributed by atoms with E-state index >= 15 is 0 Å². The SMILES string of the molecule is CCOC(=O)CC(C)C[C@H]1COC(C)(C)O1. The van der Waals surface area contributed by atoms with Crippen LogP contribution in [0.5, 0.6) is 0 Å². The molecule has 0 radical (unpaired) electrons. The maximum atomic E-state index is 11.3. The van der Waals surface area contributed by atoms with Gasteiger partial charge in [-0.2, -0.15) is 0 Å². The monoisotopic (exact) mass is 230 g/mol. The second-order valence-corrected chi connectivity index (χ2v) is 4.80. The largest absolute Gasteiger partial charge is 0.466 e. The van der Waals surface area contributed by atoms with Gasteiger partial charge >= 0.3 is 5.97 Å². The van der Waals surface area contributed by atoms with Gasteiger partial charge < -0.3 is 14.2 Å². The Hall–Kier alpha value is -0.610. The smallest absolute Gasteiger partial charge is 0.306 e. The normalized spacial score (nSPS) is 25.4. The Morgan fingerprint density at radius 3 is 2.75 bits per heavy atom. The third-order valence-electron chi connectivity index (χ3n) is 2.55. The summed E-state index contributed by atoms with van der Waals surface area (Å²) in [6.07, 6.45) is 1.38. The molecular formula is C12H22O4. The van der Waals surface area contributed by atoms with Crippen molar-refractivity contribution in [3.63, 3.8) is 0 Å². The van der Waals surface area contributed by atoms with E-state index in [0.29, 0.717) is 19.6 Å². The maximum Gasteiger partial charge on any atom is 0.306 e. The molecule has 1 aliphatic rings. The van der Waals surface area contributed by atoms with E-state index in [1.54, 1.807) is 0 Å². The molecule has 4 heteroatoms. The van der Waals surface area contributed by atoms with Crippen molar-refractivity contribution in [3.05, 3.63) is 0 Å². The Morgan fingerprint density at radius 2 is 2.25 bits per heavy atom. The van der Waals surface area contributed by atoms with Crippen LogP contribution in [0.1, 0.15) is 40.5 Å². The van der Waals surface area contributed by atoms with E-state index in [1.165, 1.54) is 0 Å². The molecular weight excluding hydrogens is 208 g/mol. The summed E-state index contributed by atoms with van der Waals surface area (Å²) in [4.78, 5) is 11.3. The molecule has 1 aliphatic heterocycles. The quantitative estimate of drug-likeness (QED) is 0.679. The van der Waals surface area contributed by atoms with Gasteiger partial charge in [-0.3, -0.25) is 4.79 Å². The number of hydrogen-bond donors (Lipinski definition) is 0. The molecule has 0 amide bonds. The fraction of sp³-hybridized carbons (Fsp3) is 0.917. The summed E-state index contributed by atoms with van der Waals surface area (Å²) in [5.41, 5.74) is 0. The second-order valence-electron chi connectivity index (χ2n) is 4.80. The number of carbonyl (C=O) groups is 1. The first-order valence-corrected chi connectivity index (χ1v) is 5.90. The molecule has 1 fully saturated rings. The van der Waals surface area contributed by atoms with E-state index in [2.05, 4.69) is 0 Å². The van der Waals surface area contributed by atoms with Crippen molar-refractivity contribution in [2.45, 2.75) is 52.4 Å². The van der Waals surface area contributed by atoms with E-state index in [-0.39, 0.29) is 18.0 Å². The fourth-order valence-electron chi connectivity index (χ4n) is 1.92. The molecule has 0 aromatic carbocycles. The van der Waals surface area contributed by atoms with Crippen LogP contribution in [0.4, 0.5) is 0 Å². The molecule has 1 heterocycles. The highest BCUT2D eigenvalue weighted by atomic mass is 16.7. The summed E-state index contributed by atoms with van der Waals surface area (Å²) < 4.78 is 16.1. The molecule has 0 aromatic heterocycles. The molecule has 0 bridgehead atoms. The molecule has 94 valence electrons. The minimum atomic E-state index is -0.478. The van der Waals surface area contributed by atoms with Crippen molar-refractivity contribution < 1.29 is 19.0 Å². The van der Waals surface area contributed by atoms with E-state index in [9.17, 15) is 4.79 Å². The standard InChI is InChI=1S/C12H22O4/c1-5-14-11(13)7-9(2)6-10-8-15-12(3,4)16-10/h9-10H,5-8H2,1-4H3/t9?,10-/m0/s1. The highest BCUT2D eigenvalue weighted by Gasteiger charge is 2.33. The second kappa shape index (κ2) is 5.64. The number of hydrogen-bond acceptors (Lipinski definition) is 4. The van der Waals surface area contributed by atoms with Gasteiger partial charge in [-0.15, -0.1) is 0 Å². The molecule has 0 aliphatic carbocycles. The Morgan fingerprint density at radius 1 is 1.56 bits per heavy atom. The zero-order valence-corrected chi connectivity index (χ0v) is 10.6. The van der Waals surface area contributed by atoms with Gasteiger partial charge in [0.1, 0.15) is 0 Å². The predicted molar refractivity (Wildman–Crippen MR) is 59.9 cm³/mol. The minimum Gasteiger partial charge on any atom is -0.466 e. The van der Waals surface area contributed by atoms with Crippen molar-refractivity contribution in [2.75, 3.05) is 13.2 Å². The summed E-state index contributed by atoms with van der Waals surface area (Å²) in [6.45, 7) is 8.72. The molecule has 0 spiro atoms. The predicted octanol–water partition coefficient (Wildman–Crippen LogP) is 2.12. The molecule has 1 rings (SSSR count). The number of esters is 1. The van der Waals surface area contributed by atoms with Crippen LogP contribution in [-0.4, -0.2) is 31.1 Å². The van der Waals surface area contributed by atoms with Crippen LogP contribution >= 0.6 is 0 Å². The van der Waals surface area contributed by atoms with E-state index in [1.807, 2.05) is 27.7 Å². The maximum absolute atomic E-state index is 11.3. The molecule has 16 heavy (non-hydrogen) atoms. The topological polar surface area (TPSA) is 44.8 Å². The number of carbonyl (C=O) groups excluding carboxylic acids is 1. The lowest BCUT2D eigenvalue weighted by Gasteiger charge is -2.18. The summed E-state index contributed by atoms with van der Waals surface area (Å²) >= 11 is 0. The van der Waals surface area contributed by atoms with Crippen LogP contribution in [0, 0.1) is 5.92 Å². The van der Waals surface area contributed by atoms with Gasteiger partial charge in [-0.05, 0) is 33.1 Å². The lowest BCUT2D eigenvalue weighted by Crippen LogP contribution is -2.23. The summed E-state index contributed by atoms with van der Waals surface area (Å²) in [6, 6.07) is 0. The molecule has 0 aromatic rings. The van der Waals surface area contributed by atoms with Crippen molar-refractivity contribution in [1.29, 1.82) is 0 Å². The Kier molecular flexibility index (Phi) is 4.74. The molecule has 4 nitrogen and oxygen atoms in total. The van der Waals surface area contributed by atoms with Crippen LogP contribution in [0.25, 0.3) is 0 Å². The Balaban J connectivity index is 2.24. The van der Waals surface area contributed by atoms with Gasteiger partial charge in [0.25, 0.3) is 0 Å². The van der Waals surface area contributed by atoms with Gasteiger partial charge in [0.15, 0.2) is 5.79 Å². The summed E-state index contributed by atoms with van der Waals surface area (Å²) in [5.74, 6) is -0.344. The van der Waals surface area contributed by atoms with Gasteiger partial charge in [0, 0.05) is 6.42 Å². The van der Waals surface area contributed by atoms with Crippen molar-refractivity contribution in [3.8, 4) is 0 Å². The van der Waals surface area contributed by atoms with Gasteiger partial charge in [0.2, 0.25) is 0 Å². The fourth-order valence-corrected chi connectivity index (χ4v) is 1.92. The highest BCUT2D eigenvalue weighted by molar-refractivity contribution is 5.69. The average molecular weight is 230 g/mol. The summed E-state index contributed by atoms with van der Waals surface area (Å²) in [7, 11) is 0. The van der Waals surface area contributed by atoms with Crippen molar-refractivity contribution in [1.82, 2.24) is 0 Å². The zero-order chi connectivity index (χ0) is 12.2. The van der Waals surface area contributed by atoms with Crippen LogP contribution in [-0.2, 0) is 19.0 Å². The minimum absolute atomic E-state index is 0.0967. The molecule has 1 saturated heterocycles. The van der Waals surface area contributed by atoms with Crippen molar-refractivity contribution in [2.24, 2.45) is 5.92 Å². The number of ether oxygens (including phenoxy) is 3. The molecule has 0 N–H and O–H groups in total.